The maximum absolute atomic E-state index is 12.5. The zero-order valence-corrected chi connectivity index (χ0v) is 14.9. The predicted octanol–water partition coefficient (Wildman–Crippen LogP) is 1.89. The number of carbonyl (C=O) groups is 1. The number of hydrogen-bond donors (Lipinski definition) is 1. The van der Waals surface area contributed by atoms with Crippen LogP contribution in [0, 0.1) is 0 Å². The predicted molar refractivity (Wildman–Crippen MR) is 95.7 cm³/mol. The third kappa shape index (κ3) is 3.14. The normalized spacial score (nSPS) is 15.5. The Labute approximate surface area is 151 Å². The van der Waals surface area contributed by atoms with Crippen LogP contribution in [0.2, 0.25) is 0 Å². The second-order valence-electron chi connectivity index (χ2n) is 6.60. The van der Waals surface area contributed by atoms with Crippen LogP contribution in [0.1, 0.15) is 47.8 Å². The van der Waals surface area contributed by atoms with Crippen LogP contribution in [0.4, 0.5) is 0 Å². The SMILES string of the molecule is CCn1c(Cn2ccnc2)nnc1C1CCN(C(=O)c2ccc[nH]2)CC1. The molecule has 26 heavy (non-hydrogen) atoms. The van der Waals surface area contributed by atoms with Crippen molar-refractivity contribution in [1.82, 2.24) is 34.2 Å². The molecule has 3 aromatic heterocycles. The highest BCUT2D eigenvalue weighted by molar-refractivity contribution is 5.92. The van der Waals surface area contributed by atoms with Crippen molar-refractivity contribution in [2.24, 2.45) is 0 Å². The molecule has 136 valence electrons. The van der Waals surface area contributed by atoms with Gasteiger partial charge in [-0.15, -0.1) is 10.2 Å². The fourth-order valence-electron chi connectivity index (χ4n) is 3.63. The van der Waals surface area contributed by atoms with E-state index in [1.54, 1.807) is 18.7 Å². The third-order valence-corrected chi connectivity index (χ3v) is 5.03. The van der Waals surface area contributed by atoms with Crippen molar-refractivity contribution in [3.05, 3.63) is 54.4 Å². The highest BCUT2D eigenvalue weighted by Gasteiger charge is 2.28. The maximum atomic E-state index is 12.5. The van der Waals surface area contributed by atoms with Crippen LogP contribution in [-0.2, 0) is 13.1 Å². The Hall–Kier alpha value is -2.90. The summed E-state index contributed by atoms with van der Waals surface area (Å²) in [6.07, 6.45) is 9.10. The van der Waals surface area contributed by atoms with Crippen molar-refractivity contribution >= 4 is 5.91 Å². The summed E-state index contributed by atoms with van der Waals surface area (Å²) in [4.78, 5) is 21.5. The lowest BCUT2D eigenvalue weighted by molar-refractivity contribution is 0.0705. The Morgan fingerprint density at radius 1 is 1.31 bits per heavy atom. The molecule has 0 spiro atoms. The largest absolute Gasteiger partial charge is 0.357 e. The van der Waals surface area contributed by atoms with Crippen LogP contribution in [-0.4, -0.2) is 53.2 Å². The molecule has 1 amide bonds. The van der Waals surface area contributed by atoms with Crippen molar-refractivity contribution in [2.75, 3.05) is 13.1 Å². The first-order valence-corrected chi connectivity index (χ1v) is 9.06. The van der Waals surface area contributed by atoms with Crippen LogP contribution in [0.3, 0.4) is 0 Å². The Bertz CT molecular complexity index is 842. The van der Waals surface area contributed by atoms with E-state index in [0.29, 0.717) is 18.2 Å². The topological polar surface area (TPSA) is 84.6 Å². The molecule has 3 aromatic rings. The van der Waals surface area contributed by atoms with Crippen LogP contribution >= 0.6 is 0 Å². The summed E-state index contributed by atoms with van der Waals surface area (Å²) in [6.45, 7) is 5.12. The number of hydrogen-bond acceptors (Lipinski definition) is 4. The van der Waals surface area contributed by atoms with Gasteiger partial charge in [-0.2, -0.15) is 0 Å². The molecule has 1 aliphatic rings. The van der Waals surface area contributed by atoms with Crippen LogP contribution in [0.25, 0.3) is 0 Å². The number of imidazole rings is 1. The average molecular weight is 353 g/mol. The van der Waals surface area contributed by atoms with Crippen LogP contribution in [0.15, 0.2) is 37.1 Å². The number of aromatic nitrogens is 6. The molecule has 0 atom stereocenters. The summed E-state index contributed by atoms with van der Waals surface area (Å²) in [6, 6.07) is 3.68. The van der Waals surface area contributed by atoms with E-state index in [9.17, 15) is 4.79 Å². The molecule has 0 bridgehead atoms. The summed E-state index contributed by atoms with van der Waals surface area (Å²) < 4.78 is 4.20. The lowest BCUT2D eigenvalue weighted by Crippen LogP contribution is -2.38. The quantitative estimate of drug-likeness (QED) is 0.759. The molecule has 1 N–H and O–H groups in total. The fraction of sp³-hybridized carbons (Fsp3) is 0.444. The molecule has 1 aliphatic heterocycles. The first-order chi connectivity index (χ1) is 12.8. The second-order valence-corrected chi connectivity index (χ2v) is 6.60. The summed E-state index contributed by atoms with van der Waals surface area (Å²) in [7, 11) is 0. The molecular weight excluding hydrogens is 330 g/mol. The Morgan fingerprint density at radius 2 is 2.15 bits per heavy atom. The molecule has 4 heterocycles. The number of amides is 1. The minimum absolute atomic E-state index is 0.0752. The number of rotatable bonds is 5. The van der Waals surface area contributed by atoms with Crippen LogP contribution in [0.5, 0.6) is 0 Å². The van der Waals surface area contributed by atoms with Gasteiger partial charge in [0, 0.05) is 44.1 Å². The lowest BCUT2D eigenvalue weighted by Gasteiger charge is -2.31. The van der Waals surface area contributed by atoms with E-state index < -0.39 is 0 Å². The molecule has 1 fully saturated rings. The number of piperidine rings is 1. The molecule has 0 aliphatic carbocycles. The van der Waals surface area contributed by atoms with Crippen molar-refractivity contribution in [1.29, 1.82) is 0 Å². The number of likely N-dealkylation sites (tertiary alicyclic amines) is 1. The first kappa shape index (κ1) is 16.6. The summed E-state index contributed by atoms with van der Waals surface area (Å²) in [5.74, 6) is 2.40. The Balaban J connectivity index is 1.44. The molecule has 0 radical (unpaired) electrons. The summed E-state index contributed by atoms with van der Waals surface area (Å²) >= 11 is 0. The number of nitrogens with zero attached hydrogens (tertiary/aromatic N) is 6. The molecular formula is C18H23N7O. The fourth-order valence-corrected chi connectivity index (χ4v) is 3.63. The Kier molecular flexibility index (Phi) is 4.55. The van der Waals surface area contributed by atoms with Gasteiger partial charge in [0.25, 0.3) is 5.91 Å². The van der Waals surface area contributed by atoms with E-state index in [-0.39, 0.29) is 5.91 Å². The van der Waals surface area contributed by atoms with E-state index in [1.807, 2.05) is 27.8 Å². The summed E-state index contributed by atoms with van der Waals surface area (Å²) in [5.41, 5.74) is 0.655. The minimum atomic E-state index is 0.0752. The highest BCUT2D eigenvalue weighted by atomic mass is 16.2. The van der Waals surface area contributed by atoms with Gasteiger partial charge in [-0.3, -0.25) is 4.79 Å². The van der Waals surface area contributed by atoms with E-state index in [0.717, 1.165) is 44.1 Å². The lowest BCUT2D eigenvalue weighted by atomic mass is 9.95. The molecule has 0 aromatic carbocycles. The number of nitrogens with one attached hydrogen (secondary N) is 1. The van der Waals surface area contributed by atoms with Gasteiger partial charge in [0.2, 0.25) is 0 Å². The Morgan fingerprint density at radius 3 is 2.81 bits per heavy atom. The van der Waals surface area contributed by atoms with Crippen molar-refractivity contribution < 1.29 is 4.79 Å². The number of carbonyl (C=O) groups excluding carboxylic acids is 1. The average Bonchev–Trinajstić information content (AvgIpc) is 3.43. The zero-order valence-electron chi connectivity index (χ0n) is 14.9. The van der Waals surface area contributed by atoms with Gasteiger partial charge < -0.3 is 19.0 Å². The standard InChI is InChI=1S/C18H23N7O/c1-2-25-16(12-23-11-8-19-13-23)21-22-17(25)14-5-9-24(10-6-14)18(26)15-4-3-7-20-15/h3-4,7-8,11,13-14,20H,2,5-6,9-10,12H2,1H3. The molecule has 8 heteroatoms. The molecule has 0 saturated carbocycles. The van der Waals surface area contributed by atoms with Gasteiger partial charge in [0.05, 0.1) is 12.9 Å². The third-order valence-electron chi connectivity index (χ3n) is 5.03. The zero-order chi connectivity index (χ0) is 17.9. The molecule has 4 rings (SSSR count). The van der Waals surface area contributed by atoms with Gasteiger partial charge in [-0.1, -0.05) is 0 Å². The van der Waals surface area contributed by atoms with Crippen molar-refractivity contribution in [3.8, 4) is 0 Å². The van der Waals surface area contributed by atoms with Gasteiger partial charge in [-0.05, 0) is 31.9 Å². The van der Waals surface area contributed by atoms with E-state index in [4.69, 9.17) is 0 Å². The van der Waals surface area contributed by atoms with Crippen molar-refractivity contribution in [3.63, 3.8) is 0 Å². The van der Waals surface area contributed by atoms with Crippen molar-refractivity contribution in [2.45, 2.75) is 38.8 Å². The molecule has 0 unspecified atom stereocenters. The highest BCUT2D eigenvalue weighted by Crippen LogP contribution is 2.28. The van der Waals surface area contributed by atoms with Gasteiger partial charge in [-0.25, -0.2) is 4.98 Å². The minimum Gasteiger partial charge on any atom is -0.357 e. The van der Waals surface area contributed by atoms with Gasteiger partial charge >= 0.3 is 0 Å². The van der Waals surface area contributed by atoms with E-state index >= 15 is 0 Å². The molecule has 8 nitrogen and oxygen atoms in total. The van der Waals surface area contributed by atoms with Crippen LogP contribution < -0.4 is 0 Å². The smallest absolute Gasteiger partial charge is 0.270 e. The number of aromatic amines is 1. The molecule has 1 saturated heterocycles. The first-order valence-electron chi connectivity index (χ1n) is 9.06. The monoisotopic (exact) mass is 353 g/mol. The number of H-pyrrole nitrogens is 1. The van der Waals surface area contributed by atoms with E-state index in [2.05, 4.69) is 31.7 Å². The summed E-state index contributed by atoms with van der Waals surface area (Å²) in [5, 5.41) is 8.89. The van der Waals surface area contributed by atoms with Gasteiger partial charge in [0.15, 0.2) is 5.82 Å². The van der Waals surface area contributed by atoms with Gasteiger partial charge in [0.1, 0.15) is 11.5 Å². The van der Waals surface area contributed by atoms with E-state index in [1.165, 1.54) is 0 Å². The second kappa shape index (κ2) is 7.15. The maximum Gasteiger partial charge on any atom is 0.270 e.